The molecule has 0 saturated carbocycles. The summed E-state index contributed by atoms with van der Waals surface area (Å²) in [6.45, 7) is 5.33. The lowest BCUT2D eigenvalue weighted by Crippen LogP contribution is -2.51. The number of hydrogen-bond acceptors (Lipinski definition) is 4. The van der Waals surface area contributed by atoms with E-state index in [9.17, 15) is 10.1 Å². The second-order valence-corrected chi connectivity index (χ2v) is 6.21. The molecule has 1 aliphatic rings. The number of hydrogen-bond donors (Lipinski definition) is 1. The first kappa shape index (κ1) is 12.8. The van der Waals surface area contributed by atoms with Crippen molar-refractivity contribution < 1.29 is 4.79 Å². The van der Waals surface area contributed by atoms with Crippen LogP contribution in [0.5, 0.6) is 0 Å². The standard InChI is InChI=1S/C13H15N3OS/c1-8-12(17)16(13(2,3)7-14)10-6-9(15)4-5-11(10)18-8/h4-6,8H,15H2,1-3H3. The largest absolute Gasteiger partial charge is 0.399 e. The van der Waals surface area contributed by atoms with Crippen LogP contribution in [0.1, 0.15) is 20.8 Å². The lowest BCUT2D eigenvalue weighted by Gasteiger charge is -2.39. The minimum Gasteiger partial charge on any atom is -0.399 e. The summed E-state index contributed by atoms with van der Waals surface area (Å²) in [5, 5.41) is 9.08. The van der Waals surface area contributed by atoms with Gasteiger partial charge in [0.1, 0.15) is 5.54 Å². The first-order valence-electron chi connectivity index (χ1n) is 5.68. The number of carbonyl (C=O) groups is 1. The number of nitrogen functional groups attached to an aromatic ring is 1. The molecule has 0 spiro atoms. The van der Waals surface area contributed by atoms with Crippen molar-refractivity contribution in [1.82, 2.24) is 0 Å². The van der Waals surface area contributed by atoms with Crippen molar-refractivity contribution in [3.63, 3.8) is 0 Å². The van der Waals surface area contributed by atoms with Crippen molar-refractivity contribution in [1.29, 1.82) is 5.26 Å². The maximum absolute atomic E-state index is 12.3. The predicted octanol–water partition coefficient (Wildman–Crippen LogP) is 2.40. The second-order valence-electron chi connectivity index (χ2n) is 4.83. The van der Waals surface area contributed by atoms with E-state index in [0.717, 1.165) is 10.6 Å². The number of benzene rings is 1. The zero-order valence-electron chi connectivity index (χ0n) is 10.6. The van der Waals surface area contributed by atoms with E-state index in [4.69, 9.17) is 5.73 Å². The Labute approximate surface area is 111 Å². The van der Waals surface area contributed by atoms with Gasteiger partial charge in [-0.05, 0) is 39.0 Å². The van der Waals surface area contributed by atoms with E-state index in [1.54, 1.807) is 24.8 Å². The van der Waals surface area contributed by atoms with Crippen molar-refractivity contribution in [2.75, 3.05) is 10.6 Å². The molecule has 0 radical (unpaired) electrons. The predicted molar refractivity (Wildman–Crippen MR) is 73.4 cm³/mol. The first-order chi connectivity index (χ1) is 8.36. The van der Waals surface area contributed by atoms with Gasteiger partial charge in [-0.15, -0.1) is 11.8 Å². The molecule has 2 rings (SSSR count). The summed E-state index contributed by atoms with van der Waals surface area (Å²) < 4.78 is 0. The SMILES string of the molecule is CC1Sc2ccc(N)cc2N(C(C)(C)C#N)C1=O. The smallest absolute Gasteiger partial charge is 0.241 e. The van der Waals surface area contributed by atoms with Crippen LogP contribution in [0.25, 0.3) is 0 Å². The molecular formula is C13H15N3OS. The summed E-state index contributed by atoms with van der Waals surface area (Å²) in [4.78, 5) is 14.9. The fraction of sp³-hybridized carbons (Fsp3) is 0.385. The Kier molecular flexibility index (Phi) is 2.99. The number of nitrogens with zero attached hydrogens (tertiary/aromatic N) is 2. The highest BCUT2D eigenvalue weighted by Gasteiger charge is 2.39. The number of thioether (sulfide) groups is 1. The number of nitriles is 1. The van der Waals surface area contributed by atoms with E-state index in [1.807, 2.05) is 19.1 Å². The topological polar surface area (TPSA) is 70.1 Å². The summed E-state index contributed by atoms with van der Waals surface area (Å²) >= 11 is 1.50. The molecule has 4 nitrogen and oxygen atoms in total. The third-order valence-electron chi connectivity index (χ3n) is 2.93. The molecule has 2 N–H and O–H groups in total. The van der Waals surface area contributed by atoms with Gasteiger partial charge < -0.3 is 5.73 Å². The van der Waals surface area contributed by atoms with Gasteiger partial charge in [-0.3, -0.25) is 9.69 Å². The van der Waals surface area contributed by atoms with Gasteiger partial charge in [0.25, 0.3) is 0 Å². The highest BCUT2D eigenvalue weighted by molar-refractivity contribution is 8.01. The third-order valence-corrected chi connectivity index (χ3v) is 4.08. The number of anilines is 2. The van der Waals surface area contributed by atoms with Gasteiger partial charge >= 0.3 is 0 Å². The zero-order chi connectivity index (χ0) is 13.5. The Morgan fingerprint density at radius 3 is 2.78 bits per heavy atom. The average Bonchev–Trinajstić information content (AvgIpc) is 2.31. The maximum atomic E-state index is 12.3. The molecule has 0 saturated heterocycles. The van der Waals surface area contributed by atoms with Crippen molar-refractivity contribution in [3.8, 4) is 6.07 Å². The van der Waals surface area contributed by atoms with E-state index in [2.05, 4.69) is 6.07 Å². The molecule has 0 fully saturated rings. The number of nitrogens with two attached hydrogens (primary N) is 1. The van der Waals surface area contributed by atoms with E-state index >= 15 is 0 Å². The van der Waals surface area contributed by atoms with Crippen LogP contribution >= 0.6 is 11.8 Å². The first-order valence-corrected chi connectivity index (χ1v) is 6.56. The van der Waals surface area contributed by atoms with E-state index in [-0.39, 0.29) is 11.2 Å². The van der Waals surface area contributed by atoms with Crippen LogP contribution < -0.4 is 10.6 Å². The zero-order valence-corrected chi connectivity index (χ0v) is 11.4. The number of rotatable bonds is 1. The quantitative estimate of drug-likeness (QED) is 0.788. The molecule has 1 unspecified atom stereocenters. The van der Waals surface area contributed by atoms with Crippen molar-refractivity contribution >= 4 is 29.0 Å². The van der Waals surface area contributed by atoms with Crippen LogP contribution in [0.3, 0.4) is 0 Å². The summed E-state index contributed by atoms with van der Waals surface area (Å²) in [5.74, 6) is -0.0512. The molecule has 94 valence electrons. The molecule has 1 atom stereocenters. The maximum Gasteiger partial charge on any atom is 0.241 e. The molecule has 1 aliphatic heterocycles. The summed E-state index contributed by atoms with van der Waals surface area (Å²) in [6.07, 6.45) is 0. The third kappa shape index (κ3) is 1.93. The molecule has 1 heterocycles. The molecule has 0 aromatic heterocycles. The molecule has 5 heteroatoms. The van der Waals surface area contributed by atoms with Gasteiger partial charge in [-0.1, -0.05) is 0 Å². The van der Waals surface area contributed by atoms with Gasteiger partial charge in [0.15, 0.2) is 0 Å². The Bertz CT molecular complexity index is 548. The van der Waals surface area contributed by atoms with Gasteiger partial charge in [0.05, 0.1) is 17.0 Å². The molecule has 1 aromatic rings. The fourth-order valence-corrected chi connectivity index (χ4v) is 2.98. The fourth-order valence-electron chi connectivity index (χ4n) is 1.98. The number of fused-ring (bicyclic) bond motifs is 1. The minimum atomic E-state index is -0.880. The molecular weight excluding hydrogens is 246 g/mol. The van der Waals surface area contributed by atoms with E-state index in [1.165, 1.54) is 11.8 Å². The van der Waals surface area contributed by atoms with Gasteiger partial charge in [-0.2, -0.15) is 5.26 Å². The number of carbonyl (C=O) groups excluding carboxylic acids is 1. The van der Waals surface area contributed by atoms with Crippen LogP contribution in [0, 0.1) is 11.3 Å². The van der Waals surface area contributed by atoms with Crippen LogP contribution in [-0.4, -0.2) is 16.7 Å². The summed E-state index contributed by atoms with van der Waals surface area (Å²) in [6, 6.07) is 7.65. The van der Waals surface area contributed by atoms with Gasteiger partial charge in [-0.25, -0.2) is 0 Å². The Balaban J connectivity index is 2.62. The van der Waals surface area contributed by atoms with Gasteiger partial charge in [0, 0.05) is 10.6 Å². The van der Waals surface area contributed by atoms with E-state index < -0.39 is 5.54 Å². The van der Waals surface area contributed by atoms with Crippen LogP contribution in [0.4, 0.5) is 11.4 Å². The lowest BCUT2D eigenvalue weighted by molar-refractivity contribution is -0.118. The van der Waals surface area contributed by atoms with Crippen LogP contribution in [-0.2, 0) is 4.79 Å². The van der Waals surface area contributed by atoms with Gasteiger partial charge in [0.2, 0.25) is 5.91 Å². The molecule has 0 bridgehead atoms. The molecule has 0 aliphatic carbocycles. The Morgan fingerprint density at radius 1 is 1.50 bits per heavy atom. The molecule has 1 aromatic carbocycles. The average molecular weight is 261 g/mol. The van der Waals surface area contributed by atoms with Crippen LogP contribution in [0.2, 0.25) is 0 Å². The van der Waals surface area contributed by atoms with E-state index in [0.29, 0.717) is 5.69 Å². The normalized spacial score (nSPS) is 19.3. The minimum absolute atomic E-state index is 0.0512. The Morgan fingerprint density at radius 2 is 2.17 bits per heavy atom. The summed E-state index contributed by atoms with van der Waals surface area (Å²) in [7, 11) is 0. The molecule has 1 amide bonds. The summed E-state index contributed by atoms with van der Waals surface area (Å²) in [5.41, 5.74) is 6.22. The van der Waals surface area contributed by atoms with Crippen LogP contribution in [0.15, 0.2) is 23.1 Å². The highest BCUT2D eigenvalue weighted by Crippen LogP contribution is 2.42. The highest BCUT2D eigenvalue weighted by atomic mass is 32.2. The lowest BCUT2D eigenvalue weighted by atomic mass is 10.0. The van der Waals surface area contributed by atoms with Crippen molar-refractivity contribution in [2.45, 2.75) is 36.5 Å². The molecule has 18 heavy (non-hydrogen) atoms. The second kappa shape index (κ2) is 4.21. The monoisotopic (exact) mass is 261 g/mol. The Hall–Kier alpha value is -1.67. The van der Waals surface area contributed by atoms with Crippen molar-refractivity contribution in [2.24, 2.45) is 0 Å². The van der Waals surface area contributed by atoms with Crippen molar-refractivity contribution in [3.05, 3.63) is 18.2 Å². The number of amides is 1.